The normalized spacial score (nSPS) is 12.1. The van der Waals surface area contributed by atoms with E-state index < -0.39 is 0 Å². The molecular weight excluding hydrogens is 679 g/mol. The highest BCUT2D eigenvalue weighted by Crippen LogP contribution is 2.41. The Balaban J connectivity index is 1.05. The number of thiazole rings is 1. The van der Waals surface area contributed by atoms with Gasteiger partial charge in [0.25, 0.3) is 0 Å². The summed E-state index contributed by atoms with van der Waals surface area (Å²) in [6.45, 7) is 0. The average molecular weight is 708 g/mol. The number of para-hydroxylation sites is 3. The van der Waals surface area contributed by atoms with Gasteiger partial charge in [0.2, 0.25) is 0 Å². The molecule has 0 amide bonds. The summed E-state index contributed by atoms with van der Waals surface area (Å²) in [4.78, 5) is 5.10. The van der Waals surface area contributed by atoms with Gasteiger partial charge in [0.1, 0.15) is 16.2 Å². The molecule has 8 aromatic carbocycles. The lowest BCUT2D eigenvalue weighted by molar-refractivity contribution is 0.669. The Labute approximate surface area is 313 Å². The summed E-state index contributed by atoms with van der Waals surface area (Å²) in [5.74, 6) is 0. The highest BCUT2D eigenvalue weighted by Gasteiger charge is 2.19. The standard InChI is InChI=1S/C49H29N3OS/c1-3-11-30(12-4-1)49-50-41-29-45-39(28-48(41)54-49)38-26-32(20-23-44(38)51(45)33-13-5-2-6-14-33)31-19-22-43-37(25-31)35-15-7-9-17-42(35)52(43)34-21-24-47-40(27-34)36-16-8-10-18-46(36)53-47/h1-29H. The Morgan fingerprint density at radius 2 is 1.00 bits per heavy atom. The van der Waals surface area contributed by atoms with Gasteiger partial charge in [-0.2, -0.15) is 0 Å². The summed E-state index contributed by atoms with van der Waals surface area (Å²) in [7, 11) is 0. The van der Waals surface area contributed by atoms with Crippen LogP contribution in [-0.4, -0.2) is 14.1 Å². The van der Waals surface area contributed by atoms with Crippen molar-refractivity contribution in [3.05, 3.63) is 176 Å². The van der Waals surface area contributed by atoms with Gasteiger partial charge in [-0.25, -0.2) is 4.98 Å². The van der Waals surface area contributed by atoms with E-state index in [2.05, 4.69) is 173 Å². The zero-order valence-corrected chi connectivity index (χ0v) is 29.7. The molecular formula is C49H29N3OS. The monoisotopic (exact) mass is 707 g/mol. The molecule has 0 aliphatic heterocycles. The maximum atomic E-state index is 6.18. The molecule has 0 bridgehead atoms. The van der Waals surface area contributed by atoms with Gasteiger partial charge in [-0.15, -0.1) is 11.3 Å². The molecule has 0 N–H and O–H groups in total. The third-order valence-electron chi connectivity index (χ3n) is 10.9. The average Bonchev–Trinajstić information content (AvgIpc) is 3.99. The third kappa shape index (κ3) is 4.33. The number of benzene rings is 8. The Hall–Kier alpha value is -6.95. The Morgan fingerprint density at radius 1 is 0.389 bits per heavy atom. The van der Waals surface area contributed by atoms with Gasteiger partial charge < -0.3 is 13.6 Å². The third-order valence-corrected chi connectivity index (χ3v) is 12.0. The van der Waals surface area contributed by atoms with Crippen LogP contribution in [0.3, 0.4) is 0 Å². The molecule has 4 nitrogen and oxygen atoms in total. The van der Waals surface area contributed by atoms with Gasteiger partial charge in [0.15, 0.2) is 0 Å². The minimum Gasteiger partial charge on any atom is -0.456 e. The van der Waals surface area contributed by atoms with Crippen LogP contribution in [0.5, 0.6) is 0 Å². The first kappa shape index (κ1) is 29.6. The van der Waals surface area contributed by atoms with Gasteiger partial charge in [0.05, 0.1) is 32.3 Å². The van der Waals surface area contributed by atoms with Gasteiger partial charge >= 0.3 is 0 Å². The van der Waals surface area contributed by atoms with Gasteiger partial charge in [-0.3, -0.25) is 0 Å². The Bertz CT molecular complexity index is 3440. The van der Waals surface area contributed by atoms with E-state index in [1.165, 1.54) is 53.9 Å². The van der Waals surface area contributed by atoms with Crippen LogP contribution in [0.25, 0.3) is 109 Å². The van der Waals surface area contributed by atoms with Crippen molar-refractivity contribution in [2.24, 2.45) is 0 Å². The van der Waals surface area contributed by atoms with Crippen LogP contribution >= 0.6 is 11.3 Å². The molecule has 12 aromatic rings. The van der Waals surface area contributed by atoms with Crippen LogP contribution in [0.1, 0.15) is 0 Å². The lowest BCUT2D eigenvalue weighted by Crippen LogP contribution is -1.93. The van der Waals surface area contributed by atoms with Crippen molar-refractivity contribution in [2.75, 3.05) is 0 Å². The van der Waals surface area contributed by atoms with E-state index >= 15 is 0 Å². The van der Waals surface area contributed by atoms with Gasteiger partial charge in [-0.05, 0) is 90.0 Å². The van der Waals surface area contributed by atoms with E-state index in [-0.39, 0.29) is 0 Å². The smallest absolute Gasteiger partial charge is 0.135 e. The zero-order chi connectivity index (χ0) is 35.3. The second kappa shape index (κ2) is 11.3. The molecule has 0 unspecified atom stereocenters. The minimum absolute atomic E-state index is 0.903. The SMILES string of the molecule is c1ccc(-c2nc3cc4c(cc3s2)c2cc(-c3ccc5c(c3)c3ccccc3n5-c3ccc5oc6ccccc6c5c3)ccc2n4-c2ccccc2)cc1. The molecule has 0 spiro atoms. The molecule has 4 heterocycles. The van der Waals surface area contributed by atoms with E-state index in [9.17, 15) is 0 Å². The fourth-order valence-electron chi connectivity index (χ4n) is 8.46. The van der Waals surface area contributed by atoms with Crippen LogP contribution in [-0.2, 0) is 0 Å². The van der Waals surface area contributed by atoms with Crippen LogP contribution in [0, 0.1) is 0 Å². The summed E-state index contributed by atoms with van der Waals surface area (Å²) in [6.07, 6.45) is 0. The van der Waals surface area contributed by atoms with Gasteiger partial charge in [-0.1, -0.05) is 97.1 Å². The minimum atomic E-state index is 0.903. The second-order valence-corrected chi connectivity index (χ2v) is 15.0. The van der Waals surface area contributed by atoms with E-state index in [1.807, 2.05) is 12.1 Å². The van der Waals surface area contributed by atoms with Crippen molar-refractivity contribution >= 4 is 87.1 Å². The molecule has 5 heteroatoms. The quantitative estimate of drug-likeness (QED) is 0.183. The molecule has 0 atom stereocenters. The van der Waals surface area contributed by atoms with Gasteiger partial charge in [0, 0.05) is 49.3 Å². The van der Waals surface area contributed by atoms with Crippen LogP contribution < -0.4 is 0 Å². The zero-order valence-electron chi connectivity index (χ0n) is 28.9. The summed E-state index contributed by atoms with van der Waals surface area (Å²) in [6, 6.07) is 63.1. The summed E-state index contributed by atoms with van der Waals surface area (Å²) >= 11 is 1.76. The predicted molar refractivity (Wildman–Crippen MR) is 226 cm³/mol. The van der Waals surface area contributed by atoms with Crippen molar-refractivity contribution in [2.45, 2.75) is 0 Å². The largest absolute Gasteiger partial charge is 0.456 e. The maximum absolute atomic E-state index is 6.18. The number of hydrogen-bond donors (Lipinski definition) is 0. The lowest BCUT2D eigenvalue weighted by atomic mass is 10.0. The van der Waals surface area contributed by atoms with Crippen molar-refractivity contribution in [1.29, 1.82) is 0 Å². The van der Waals surface area contributed by atoms with Crippen LogP contribution in [0.4, 0.5) is 0 Å². The second-order valence-electron chi connectivity index (χ2n) is 14.0. The number of hydrogen-bond acceptors (Lipinski definition) is 3. The van der Waals surface area contributed by atoms with E-state index in [0.29, 0.717) is 0 Å². The Morgan fingerprint density at radius 3 is 1.80 bits per heavy atom. The summed E-state index contributed by atoms with van der Waals surface area (Å²) in [5, 5.41) is 8.22. The summed E-state index contributed by atoms with van der Waals surface area (Å²) < 4.78 is 12.1. The number of aromatic nitrogens is 3. The molecule has 0 fully saturated rings. The number of furan rings is 1. The highest BCUT2D eigenvalue weighted by atomic mass is 32.1. The molecule has 54 heavy (non-hydrogen) atoms. The number of nitrogens with zero attached hydrogens (tertiary/aromatic N) is 3. The van der Waals surface area contributed by atoms with E-state index in [1.54, 1.807) is 11.3 Å². The first-order chi connectivity index (χ1) is 26.7. The fourth-order valence-corrected chi connectivity index (χ4v) is 9.46. The summed E-state index contributed by atoms with van der Waals surface area (Å²) in [5.41, 5.74) is 13.3. The molecule has 0 radical (unpaired) electrons. The number of fused-ring (bicyclic) bond motifs is 10. The first-order valence-corrected chi connectivity index (χ1v) is 19.0. The van der Waals surface area contributed by atoms with Crippen molar-refractivity contribution in [3.63, 3.8) is 0 Å². The number of rotatable bonds is 4. The van der Waals surface area contributed by atoms with E-state index in [0.717, 1.165) is 54.9 Å². The highest BCUT2D eigenvalue weighted by molar-refractivity contribution is 7.21. The van der Waals surface area contributed by atoms with Crippen LogP contribution in [0.2, 0.25) is 0 Å². The fraction of sp³-hybridized carbons (Fsp3) is 0. The topological polar surface area (TPSA) is 35.9 Å². The molecule has 0 aliphatic carbocycles. The molecule has 12 rings (SSSR count). The Kier molecular flexibility index (Phi) is 6.18. The van der Waals surface area contributed by atoms with Crippen LogP contribution in [0.15, 0.2) is 180 Å². The van der Waals surface area contributed by atoms with Crippen molar-refractivity contribution in [1.82, 2.24) is 14.1 Å². The maximum Gasteiger partial charge on any atom is 0.135 e. The molecule has 0 saturated carbocycles. The molecule has 4 aromatic heterocycles. The molecule has 0 saturated heterocycles. The molecule has 0 aliphatic rings. The van der Waals surface area contributed by atoms with Crippen molar-refractivity contribution in [3.8, 4) is 33.1 Å². The lowest BCUT2D eigenvalue weighted by Gasteiger charge is -2.09. The van der Waals surface area contributed by atoms with Crippen molar-refractivity contribution < 1.29 is 4.42 Å². The first-order valence-electron chi connectivity index (χ1n) is 18.2. The predicted octanol–water partition coefficient (Wildman–Crippen LogP) is 13.7. The molecule has 252 valence electrons. The van der Waals surface area contributed by atoms with E-state index in [4.69, 9.17) is 9.40 Å².